The van der Waals surface area contributed by atoms with Gasteiger partial charge in [-0.15, -0.1) is 0 Å². The standard InChI is InChI=1S/C20H19ClN4O/c1-14-8-9-17(10-18(14)21)24-20-22-11-16(12-23-20)19(26)25(2)13-15-6-4-3-5-7-15/h3-12H,13H2,1-2H3,(H,22,23,24). The molecule has 3 aromatic rings. The number of hydrogen-bond acceptors (Lipinski definition) is 4. The molecule has 0 aliphatic heterocycles. The molecule has 0 saturated heterocycles. The SMILES string of the molecule is Cc1ccc(Nc2ncc(C(=O)N(C)Cc3ccccc3)cn2)cc1Cl. The van der Waals surface area contributed by atoms with Crippen molar-refractivity contribution >= 4 is 29.1 Å². The quantitative estimate of drug-likeness (QED) is 0.724. The molecule has 0 aliphatic carbocycles. The number of nitrogens with one attached hydrogen (secondary N) is 1. The number of carbonyl (C=O) groups is 1. The lowest BCUT2D eigenvalue weighted by Crippen LogP contribution is -2.26. The average molecular weight is 367 g/mol. The summed E-state index contributed by atoms with van der Waals surface area (Å²) in [5.41, 5.74) is 3.30. The van der Waals surface area contributed by atoms with E-state index in [0.29, 0.717) is 23.1 Å². The number of anilines is 2. The van der Waals surface area contributed by atoms with Crippen molar-refractivity contribution in [1.29, 1.82) is 0 Å². The van der Waals surface area contributed by atoms with Gasteiger partial charge in [0.15, 0.2) is 0 Å². The molecule has 0 radical (unpaired) electrons. The molecule has 0 atom stereocenters. The second kappa shape index (κ2) is 7.97. The van der Waals surface area contributed by atoms with Crippen LogP contribution >= 0.6 is 11.6 Å². The Morgan fingerprint density at radius 2 is 1.81 bits per heavy atom. The topological polar surface area (TPSA) is 58.1 Å². The minimum absolute atomic E-state index is 0.126. The highest BCUT2D eigenvalue weighted by atomic mass is 35.5. The molecular weight excluding hydrogens is 348 g/mol. The molecule has 3 rings (SSSR count). The van der Waals surface area contributed by atoms with Gasteiger partial charge in [0.25, 0.3) is 5.91 Å². The van der Waals surface area contributed by atoms with Crippen LogP contribution in [-0.2, 0) is 6.54 Å². The van der Waals surface area contributed by atoms with Crippen LogP contribution in [0.2, 0.25) is 5.02 Å². The molecule has 132 valence electrons. The number of aryl methyl sites for hydroxylation is 1. The molecule has 0 spiro atoms. The van der Waals surface area contributed by atoms with Crippen molar-refractivity contribution in [2.24, 2.45) is 0 Å². The van der Waals surface area contributed by atoms with Crippen LogP contribution in [0.25, 0.3) is 0 Å². The Hall–Kier alpha value is -2.92. The van der Waals surface area contributed by atoms with Crippen LogP contribution in [0.4, 0.5) is 11.6 Å². The maximum atomic E-state index is 12.5. The van der Waals surface area contributed by atoms with Gasteiger partial charge in [0.2, 0.25) is 5.95 Å². The number of amides is 1. The summed E-state index contributed by atoms with van der Waals surface area (Å²) in [6.07, 6.45) is 3.05. The van der Waals surface area contributed by atoms with Gasteiger partial charge in [0.05, 0.1) is 5.56 Å². The van der Waals surface area contributed by atoms with Gasteiger partial charge in [-0.1, -0.05) is 48.0 Å². The Balaban J connectivity index is 1.66. The normalized spacial score (nSPS) is 10.4. The van der Waals surface area contributed by atoms with Gasteiger partial charge in [-0.2, -0.15) is 0 Å². The highest BCUT2D eigenvalue weighted by molar-refractivity contribution is 6.31. The van der Waals surface area contributed by atoms with Crippen LogP contribution in [0.5, 0.6) is 0 Å². The average Bonchev–Trinajstić information content (AvgIpc) is 2.65. The van der Waals surface area contributed by atoms with Gasteiger partial charge >= 0.3 is 0 Å². The summed E-state index contributed by atoms with van der Waals surface area (Å²) in [4.78, 5) is 22.6. The zero-order valence-corrected chi connectivity index (χ0v) is 15.4. The predicted octanol–water partition coefficient (Wildman–Crippen LogP) is 4.45. The highest BCUT2D eigenvalue weighted by Crippen LogP contribution is 2.21. The van der Waals surface area contributed by atoms with Gasteiger partial charge in [-0.25, -0.2) is 9.97 Å². The summed E-state index contributed by atoms with van der Waals surface area (Å²) in [6, 6.07) is 15.5. The molecule has 1 aromatic heterocycles. The Labute approximate surface area is 157 Å². The zero-order valence-electron chi connectivity index (χ0n) is 14.6. The monoisotopic (exact) mass is 366 g/mol. The van der Waals surface area contributed by atoms with Gasteiger partial charge in [-0.3, -0.25) is 4.79 Å². The first-order valence-electron chi connectivity index (χ1n) is 8.17. The third-order valence-corrected chi connectivity index (χ3v) is 4.34. The van der Waals surface area contributed by atoms with E-state index in [0.717, 1.165) is 16.8 Å². The molecule has 1 N–H and O–H groups in total. The number of hydrogen-bond donors (Lipinski definition) is 1. The minimum Gasteiger partial charge on any atom is -0.337 e. The summed E-state index contributed by atoms with van der Waals surface area (Å²) < 4.78 is 0. The van der Waals surface area contributed by atoms with Crippen molar-refractivity contribution in [3.05, 3.63) is 82.6 Å². The molecule has 1 heterocycles. The summed E-state index contributed by atoms with van der Waals surface area (Å²) in [5.74, 6) is 0.283. The number of halogens is 1. The fraction of sp³-hybridized carbons (Fsp3) is 0.150. The third-order valence-electron chi connectivity index (χ3n) is 3.94. The maximum absolute atomic E-state index is 12.5. The minimum atomic E-state index is -0.126. The van der Waals surface area contributed by atoms with Gasteiger partial charge in [0, 0.05) is 36.7 Å². The second-order valence-electron chi connectivity index (χ2n) is 6.03. The number of aromatic nitrogens is 2. The lowest BCUT2D eigenvalue weighted by atomic mass is 10.2. The first-order chi connectivity index (χ1) is 12.5. The Bertz CT molecular complexity index is 897. The zero-order chi connectivity index (χ0) is 18.5. The smallest absolute Gasteiger partial charge is 0.257 e. The van der Waals surface area contributed by atoms with Crippen LogP contribution in [-0.4, -0.2) is 27.8 Å². The van der Waals surface area contributed by atoms with Crippen LogP contribution in [0.3, 0.4) is 0 Å². The summed E-state index contributed by atoms with van der Waals surface area (Å²) >= 11 is 6.12. The molecule has 0 fully saturated rings. The molecule has 0 saturated carbocycles. The van der Waals surface area contributed by atoms with E-state index < -0.39 is 0 Å². The van der Waals surface area contributed by atoms with E-state index in [9.17, 15) is 4.79 Å². The first-order valence-corrected chi connectivity index (χ1v) is 8.55. The largest absolute Gasteiger partial charge is 0.337 e. The molecule has 2 aromatic carbocycles. The van der Waals surface area contributed by atoms with Gasteiger partial charge < -0.3 is 10.2 Å². The van der Waals surface area contributed by atoms with E-state index in [1.807, 2.05) is 55.5 Å². The van der Waals surface area contributed by atoms with E-state index in [2.05, 4.69) is 15.3 Å². The van der Waals surface area contributed by atoms with Crippen LogP contribution in [0.15, 0.2) is 60.9 Å². The summed E-state index contributed by atoms with van der Waals surface area (Å²) in [6.45, 7) is 2.47. The number of rotatable bonds is 5. The summed E-state index contributed by atoms with van der Waals surface area (Å²) in [5, 5.41) is 3.75. The Morgan fingerprint density at radius 1 is 1.12 bits per heavy atom. The van der Waals surface area contributed by atoms with Crippen molar-refractivity contribution in [2.75, 3.05) is 12.4 Å². The maximum Gasteiger partial charge on any atom is 0.257 e. The van der Waals surface area contributed by atoms with Gasteiger partial charge in [-0.05, 0) is 30.2 Å². The van der Waals surface area contributed by atoms with Gasteiger partial charge in [0.1, 0.15) is 0 Å². The van der Waals surface area contributed by atoms with Crippen molar-refractivity contribution in [3.63, 3.8) is 0 Å². The molecule has 1 amide bonds. The molecule has 0 unspecified atom stereocenters. The summed E-state index contributed by atoms with van der Waals surface area (Å²) in [7, 11) is 1.76. The Morgan fingerprint density at radius 3 is 2.46 bits per heavy atom. The van der Waals surface area contributed by atoms with E-state index in [1.165, 1.54) is 12.4 Å². The first kappa shape index (κ1) is 17.9. The molecule has 0 aliphatic rings. The number of carbonyl (C=O) groups excluding carboxylic acids is 1. The highest BCUT2D eigenvalue weighted by Gasteiger charge is 2.13. The van der Waals surface area contributed by atoms with Crippen LogP contribution in [0, 0.1) is 6.92 Å². The molecule has 5 nitrogen and oxygen atoms in total. The van der Waals surface area contributed by atoms with Crippen LogP contribution < -0.4 is 5.32 Å². The van der Waals surface area contributed by atoms with E-state index in [1.54, 1.807) is 11.9 Å². The lowest BCUT2D eigenvalue weighted by Gasteiger charge is -2.17. The third kappa shape index (κ3) is 4.37. The fourth-order valence-electron chi connectivity index (χ4n) is 2.45. The molecular formula is C20H19ClN4O. The van der Waals surface area contributed by atoms with Crippen molar-refractivity contribution in [2.45, 2.75) is 13.5 Å². The number of benzene rings is 2. The van der Waals surface area contributed by atoms with E-state index >= 15 is 0 Å². The Kier molecular flexibility index (Phi) is 5.49. The van der Waals surface area contributed by atoms with Crippen molar-refractivity contribution in [3.8, 4) is 0 Å². The fourth-order valence-corrected chi connectivity index (χ4v) is 2.63. The van der Waals surface area contributed by atoms with Crippen molar-refractivity contribution in [1.82, 2.24) is 14.9 Å². The van der Waals surface area contributed by atoms with E-state index in [4.69, 9.17) is 11.6 Å². The predicted molar refractivity (Wildman–Crippen MR) is 104 cm³/mol. The molecule has 6 heteroatoms. The second-order valence-corrected chi connectivity index (χ2v) is 6.44. The number of nitrogens with zero attached hydrogens (tertiary/aromatic N) is 3. The van der Waals surface area contributed by atoms with Crippen molar-refractivity contribution < 1.29 is 4.79 Å². The van der Waals surface area contributed by atoms with Crippen LogP contribution in [0.1, 0.15) is 21.5 Å². The van der Waals surface area contributed by atoms with E-state index in [-0.39, 0.29) is 5.91 Å². The molecule has 0 bridgehead atoms. The molecule has 26 heavy (non-hydrogen) atoms. The lowest BCUT2D eigenvalue weighted by molar-refractivity contribution is 0.0784.